The Morgan fingerprint density at radius 1 is 0.281 bits per heavy atom. The lowest BCUT2D eigenvalue weighted by molar-refractivity contribution is -0.272. The Morgan fingerprint density at radius 2 is 0.496 bits per heavy atom. The lowest BCUT2D eigenvalue weighted by atomic mass is 9.73. The monoisotopic (exact) mass is 2090 g/mol. The van der Waals surface area contributed by atoms with Crippen molar-refractivity contribution in [1.82, 2.24) is 54.4 Å². The minimum absolute atomic E-state index is 0.00795. The first-order valence-electron chi connectivity index (χ1n) is 53.3. The van der Waals surface area contributed by atoms with Crippen LogP contribution in [0.5, 0.6) is 0 Å². The number of hydrogen-bond donors (Lipinski definition) is 1. The normalized spacial score (nSPS) is 28.4. The number of halogens is 1. The maximum atomic E-state index is 14.4. The molecule has 11 fully saturated rings. The number of hydrogen-bond acceptors (Lipinski definition) is 27. The minimum atomic E-state index is -3.49. The molecule has 11 saturated heterocycles. The van der Waals surface area contributed by atoms with Gasteiger partial charge in [0.15, 0.2) is 0 Å². The fourth-order valence-corrected chi connectivity index (χ4v) is 36.1. The fraction of sp³-hybridized carbons (Fsp3) is 1.00. The highest BCUT2D eigenvalue weighted by Crippen LogP contribution is 2.64. The predicted molar refractivity (Wildman–Crippen MR) is 570 cm³/mol. The summed E-state index contributed by atoms with van der Waals surface area (Å²) in [6, 6.07) is 1.35. The zero-order chi connectivity index (χ0) is 104. The van der Waals surface area contributed by atoms with Crippen LogP contribution in [0.25, 0.3) is 0 Å². The first kappa shape index (κ1) is 125. The number of nitrogens with zero attached hydrogens (tertiary/aromatic N) is 10. The van der Waals surface area contributed by atoms with Gasteiger partial charge in [0.1, 0.15) is 0 Å². The third kappa shape index (κ3) is 34.7. The molecule has 0 aromatic rings. The van der Waals surface area contributed by atoms with Gasteiger partial charge in [-0.15, -0.1) is 0 Å². The van der Waals surface area contributed by atoms with Gasteiger partial charge in [-0.25, -0.2) is 27.8 Å². The maximum absolute atomic E-state index is 14.4. The Balaban J connectivity index is 0.000000249. The zero-order valence-corrected chi connectivity index (χ0v) is 101. The number of piperidine rings is 6. The number of unbranched alkanes of at least 4 members (excludes halogenated alkanes) is 10. The summed E-state index contributed by atoms with van der Waals surface area (Å²) < 4.78 is 98.9. The summed E-state index contributed by atoms with van der Waals surface area (Å²) in [6.45, 7) is 86.2. The third-order valence-corrected chi connectivity index (χ3v) is 39.2. The summed E-state index contributed by atoms with van der Waals surface area (Å²) in [5.41, 5.74) is -1.15. The molecule has 11 aliphatic rings. The van der Waals surface area contributed by atoms with Crippen molar-refractivity contribution in [3.05, 3.63) is 0 Å². The van der Waals surface area contributed by atoms with Gasteiger partial charge in [0.05, 0.1) is 109 Å². The van der Waals surface area contributed by atoms with Crippen molar-refractivity contribution in [3.8, 4) is 0 Å². The quantitative estimate of drug-likeness (QED) is 0.0450. The van der Waals surface area contributed by atoms with Crippen LogP contribution < -0.4 is 5.32 Å². The van der Waals surface area contributed by atoms with Crippen LogP contribution in [-0.2, 0) is 83.4 Å². The third-order valence-electron chi connectivity index (χ3n) is 30.5. The highest BCUT2D eigenvalue weighted by atomic mass is 35.7. The second-order valence-corrected chi connectivity index (χ2v) is 63.1. The Kier molecular flexibility index (Phi) is 45.0. The molecule has 11 aliphatic heterocycles. The van der Waals surface area contributed by atoms with Crippen molar-refractivity contribution in [3.63, 3.8) is 0 Å². The molecule has 0 unspecified atom stereocenters. The first-order chi connectivity index (χ1) is 63.8. The summed E-state index contributed by atoms with van der Waals surface area (Å²) in [7, 11) is 0.480. The second-order valence-electron chi connectivity index (χ2n) is 54.4. The van der Waals surface area contributed by atoms with E-state index in [1.54, 1.807) is 28.4 Å². The van der Waals surface area contributed by atoms with Crippen molar-refractivity contribution in [2.45, 2.75) is 499 Å². The Labute approximate surface area is 857 Å². The SMILES string of the molecule is CC1(C)COP(Cl)OC1.CON1C(C)(C)CC(CCCCCCCNC2CC(C)(C)N(OC)C(C)(C)C2)CC1(C)C.CON1C(C)(C)CC(N(CCCCCCN(C2CC(C)(C)N(OC)C(C)(C)C2)P2(=O)OCC(C)(C)CO2)P2(=O)OCC(C)(C)CO2)CC1(C)C.CON1C(C)(C)CC(N(CCCCCCN(C2CC(C)(C)N(OC)C(C)(C)C2)P2OCC(C)(C)CO2)P2OCC(C)(C)CO2)CC1(C)C. The molecule has 0 saturated carbocycles. The highest BCUT2D eigenvalue weighted by molar-refractivity contribution is 7.76. The van der Waals surface area contributed by atoms with Crippen molar-refractivity contribution in [1.29, 1.82) is 0 Å². The van der Waals surface area contributed by atoms with Gasteiger partial charge in [0, 0.05) is 150 Å². The maximum Gasteiger partial charge on any atom is 0.408 e. The van der Waals surface area contributed by atoms with Crippen LogP contribution in [0, 0.1) is 33.0 Å². The summed E-state index contributed by atoms with van der Waals surface area (Å²) in [5, 5.41) is 16.8. The van der Waals surface area contributed by atoms with Crippen molar-refractivity contribution < 1.29 is 83.4 Å². The van der Waals surface area contributed by atoms with Gasteiger partial charge in [-0.05, 0) is 299 Å². The largest absolute Gasteiger partial charge is 0.408 e. The van der Waals surface area contributed by atoms with E-state index >= 15 is 0 Å². The van der Waals surface area contributed by atoms with Crippen LogP contribution in [0.15, 0.2) is 0 Å². The molecule has 0 bridgehead atoms. The predicted octanol–water partition coefficient (Wildman–Crippen LogP) is 26.5. The molecule has 0 atom stereocenters. The van der Waals surface area contributed by atoms with Crippen LogP contribution in [0.3, 0.4) is 0 Å². The van der Waals surface area contributed by atoms with E-state index in [0.29, 0.717) is 70.9 Å². The van der Waals surface area contributed by atoms with Gasteiger partial charge < -0.3 is 61.5 Å². The van der Waals surface area contributed by atoms with Gasteiger partial charge >= 0.3 is 15.5 Å². The lowest BCUT2D eigenvalue weighted by Gasteiger charge is -2.56. The molecule has 0 radical (unpaired) electrons. The molecule has 0 aromatic heterocycles. The number of nitrogens with one attached hydrogen (secondary N) is 1. The van der Waals surface area contributed by atoms with Crippen LogP contribution in [0.2, 0.25) is 0 Å². The molecule has 11 heterocycles. The zero-order valence-electron chi connectivity index (χ0n) is 95.9. The number of hydroxylamine groups is 12. The van der Waals surface area contributed by atoms with Gasteiger partial charge in [-0.2, -0.15) is 30.4 Å². The first-order valence-corrected chi connectivity index (χ1v) is 60.6. The Bertz CT molecular complexity index is 3440. The molecule has 1 N–H and O–H groups in total. The molecular weight excluding hydrogens is 1880 g/mol. The molecule has 29 nitrogen and oxygen atoms in total. The van der Waals surface area contributed by atoms with E-state index in [4.69, 9.17) is 85.5 Å². The van der Waals surface area contributed by atoms with Crippen LogP contribution in [-0.4, -0.2) is 287 Å². The summed E-state index contributed by atoms with van der Waals surface area (Å²) in [6.07, 6.45) is 28.2. The van der Waals surface area contributed by atoms with Crippen LogP contribution in [0.4, 0.5) is 0 Å². The van der Waals surface area contributed by atoms with Gasteiger partial charge in [0.2, 0.25) is 0 Å². The molecule has 11 rings (SSSR count). The molecule has 35 heteroatoms. The van der Waals surface area contributed by atoms with E-state index in [0.717, 1.165) is 155 Å². The Hall–Kier alpha value is 0.960. The van der Waals surface area contributed by atoms with Crippen LogP contribution >= 0.6 is 51.5 Å². The summed E-state index contributed by atoms with van der Waals surface area (Å²) in [4.78, 5) is 35.1. The minimum Gasteiger partial charge on any atom is -0.322 e. The number of rotatable bonds is 37. The van der Waals surface area contributed by atoms with Gasteiger partial charge in [-0.1, -0.05) is 127 Å². The fourth-order valence-electron chi connectivity index (χ4n) is 26.1. The molecule has 0 aliphatic carbocycles. The van der Waals surface area contributed by atoms with Gasteiger partial charge in [-0.3, -0.25) is 18.1 Å². The van der Waals surface area contributed by atoms with Gasteiger partial charge in [0.25, 0.3) is 24.8 Å². The van der Waals surface area contributed by atoms with Crippen molar-refractivity contribution >= 4 is 51.5 Å². The second kappa shape index (κ2) is 50.0. The molecule has 0 amide bonds. The van der Waals surface area contributed by atoms with E-state index in [1.165, 1.54) is 64.2 Å². The van der Waals surface area contributed by atoms with E-state index in [9.17, 15) is 9.13 Å². The van der Waals surface area contributed by atoms with E-state index < -0.39 is 40.3 Å². The van der Waals surface area contributed by atoms with E-state index in [2.05, 4.69) is 290 Å². The molecule has 0 spiro atoms. The van der Waals surface area contributed by atoms with Crippen molar-refractivity contribution in [2.24, 2.45) is 33.0 Å². The molecule has 139 heavy (non-hydrogen) atoms. The van der Waals surface area contributed by atoms with Crippen LogP contribution in [0.1, 0.15) is 402 Å². The smallest absolute Gasteiger partial charge is 0.322 e. The standard InChI is InChI=1S/C36H72N4O8P2.C36H72N4O6P2.C27H55N3O2.C5H10ClO2P/c1-31(2)25-45-49(41,46-26-31)37(29-21-33(5,6)39(43-13)34(7,8)22-29)19-17-15-16-18-20-38(50(42)47-27-32(3,4)28-48-50)30-23-35(9,10)40(44-14)36(11,12)24-30;1-31(2)25-43-47(44-26-31)37(29-21-33(5,6)39(41-13)34(7,8)22-29)19-17-15-16-18-20-38(48-45-27-32(3,4)28-46-48)30-23-35(9,10)40(42-14)36(11,12)24-30;1-24(2)18-22(19-25(3,4)29(24)31-9)16-14-12-11-13-15-17-28-23-20-26(5,6)30(32-10)27(7,8)21-23;1-5(2)3-7-9(6)8-4-5/h29-30H,15-28H2,1-14H3;29-30H,15-28H2,1-14H3;22-23,28H,11-21H2,1-10H3;3-4H2,1-2H3. The topological polar surface area (TPSA) is 226 Å². The van der Waals surface area contributed by atoms with E-state index in [1.807, 2.05) is 14.2 Å². The summed E-state index contributed by atoms with van der Waals surface area (Å²) in [5.74, 6) is 0.817. The average Bonchev–Trinajstić information content (AvgIpc) is 0.729. The average molecular weight is 2090 g/mol. The molecule has 820 valence electrons. The van der Waals surface area contributed by atoms with E-state index in [-0.39, 0.29) is 106 Å². The van der Waals surface area contributed by atoms with Crippen molar-refractivity contribution in [2.75, 3.05) is 141 Å². The molecular formula is C104H209ClN11O18P5. The molecule has 0 aromatic carbocycles. The summed E-state index contributed by atoms with van der Waals surface area (Å²) >= 11 is 5.56. The Morgan fingerprint density at radius 3 is 0.763 bits per heavy atom. The lowest BCUT2D eigenvalue weighted by Crippen LogP contribution is -2.63. The highest BCUT2D eigenvalue weighted by Gasteiger charge is 2.58.